The molecule has 1 aliphatic heterocycles. The summed E-state index contributed by atoms with van der Waals surface area (Å²) in [4.78, 5) is 15.7. The molecule has 5 nitrogen and oxygen atoms in total. The lowest BCUT2D eigenvalue weighted by Crippen LogP contribution is -2.22. The average Bonchev–Trinajstić information content (AvgIpc) is 3.27. The van der Waals surface area contributed by atoms with Gasteiger partial charge in [0.2, 0.25) is 6.79 Å². The normalized spacial score (nSPS) is 13.0. The number of carbonyl (C=O) groups excluding carboxylic acids is 1. The zero-order valence-corrected chi connectivity index (χ0v) is 17.3. The average molecular weight is 402 g/mol. The predicted octanol–water partition coefficient (Wildman–Crippen LogP) is 5.30. The first-order chi connectivity index (χ1) is 14.7. The second-order valence-electron chi connectivity index (χ2n) is 7.14. The van der Waals surface area contributed by atoms with Crippen LogP contribution in [0.5, 0.6) is 11.5 Å². The van der Waals surface area contributed by atoms with Gasteiger partial charge in [0.05, 0.1) is 0 Å². The van der Waals surface area contributed by atoms with Crippen LogP contribution in [0.25, 0.3) is 0 Å². The van der Waals surface area contributed by atoms with E-state index >= 15 is 0 Å². The second-order valence-corrected chi connectivity index (χ2v) is 7.14. The Morgan fingerprint density at radius 2 is 1.63 bits per heavy atom. The molecule has 0 unspecified atom stereocenters. The van der Waals surface area contributed by atoms with Crippen molar-refractivity contribution in [1.82, 2.24) is 0 Å². The number of ketones is 1. The number of hydrogen-bond acceptors (Lipinski definition) is 5. The monoisotopic (exact) mass is 402 g/mol. The number of Topliss-reactive ketones (excluding diaryl/α,β-unsaturated/α-hetero) is 1. The van der Waals surface area contributed by atoms with Crippen molar-refractivity contribution < 1.29 is 14.3 Å². The number of ether oxygens (including phenoxy) is 2. The van der Waals surface area contributed by atoms with Gasteiger partial charge in [-0.25, -0.2) is 0 Å². The van der Waals surface area contributed by atoms with Crippen molar-refractivity contribution in [3.63, 3.8) is 0 Å². The highest BCUT2D eigenvalue weighted by atomic mass is 16.7. The van der Waals surface area contributed by atoms with Crippen LogP contribution in [0.15, 0.2) is 72.8 Å². The fraction of sp³-hybridized carbons (Fsp3) is 0.240. The van der Waals surface area contributed by atoms with Gasteiger partial charge in [-0.2, -0.15) is 0 Å². The van der Waals surface area contributed by atoms with Gasteiger partial charge in [-0.05, 0) is 55.8 Å². The van der Waals surface area contributed by atoms with Gasteiger partial charge in [-0.3, -0.25) is 4.79 Å². The highest BCUT2D eigenvalue weighted by Crippen LogP contribution is 2.36. The van der Waals surface area contributed by atoms with Crippen LogP contribution in [0.1, 0.15) is 35.8 Å². The molecule has 0 aromatic heterocycles. The van der Waals surface area contributed by atoms with Crippen molar-refractivity contribution in [3.05, 3.63) is 83.9 Å². The van der Waals surface area contributed by atoms with Crippen LogP contribution in [-0.4, -0.2) is 25.7 Å². The van der Waals surface area contributed by atoms with Crippen molar-refractivity contribution in [1.29, 1.82) is 0 Å². The van der Waals surface area contributed by atoms with Gasteiger partial charge < -0.3 is 19.7 Å². The lowest BCUT2D eigenvalue weighted by Gasteiger charge is -2.23. The lowest BCUT2D eigenvalue weighted by molar-refractivity contribution is 0.0969. The van der Waals surface area contributed by atoms with E-state index in [2.05, 4.69) is 36.2 Å². The molecule has 0 fully saturated rings. The van der Waals surface area contributed by atoms with E-state index in [4.69, 9.17) is 9.47 Å². The fourth-order valence-electron chi connectivity index (χ4n) is 3.69. The SMILES string of the molecule is CCN(CC)c1ccc(N[C@@H](C(=O)c2ccccc2)c2ccc3c(c2)OCO3)cc1. The van der Waals surface area contributed by atoms with E-state index in [9.17, 15) is 4.79 Å². The van der Waals surface area contributed by atoms with E-state index in [1.807, 2.05) is 60.7 Å². The number of anilines is 2. The van der Waals surface area contributed by atoms with Gasteiger partial charge >= 0.3 is 0 Å². The second kappa shape index (κ2) is 8.91. The summed E-state index contributed by atoms with van der Waals surface area (Å²) in [5.74, 6) is 1.37. The third-order valence-electron chi connectivity index (χ3n) is 5.36. The number of nitrogens with one attached hydrogen (secondary N) is 1. The van der Waals surface area contributed by atoms with Gasteiger partial charge in [-0.1, -0.05) is 36.4 Å². The van der Waals surface area contributed by atoms with Crippen LogP contribution in [-0.2, 0) is 0 Å². The molecule has 1 atom stereocenters. The summed E-state index contributed by atoms with van der Waals surface area (Å²) in [6, 6.07) is 22.7. The molecular formula is C25H26N2O3. The Morgan fingerprint density at radius 1 is 0.933 bits per heavy atom. The first-order valence-corrected chi connectivity index (χ1v) is 10.3. The molecular weight excluding hydrogens is 376 g/mol. The predicted molar refractivity (Wildman–Crippen MR) is 120 cm³/mol. The van der Waals surface area contributed by atoms with Gasteiger partial charge in [0.25, 0.3) is 0 Å². The summed E-state index contributed by atoms with van der Waals surface area (Å²) in [5.41, 5.74) is 3.55. The number of fused-ring (bicyclic) bond motifs is 1. The Balaban J connectivity index is 1.64. The third kappa shape index (κ3) is 4.10. The van der Waals surface area contributed by atoms with E-state index in [1.54, 1.807) is 0 Å². The van der Waals surface area contributed by atoms with E-state index in [-0.39, 0.29) is 12.6 Å². The zero-order chi connectivity index (χ0) is 20.9. The zero-order valence-electron chi connectivity index (χ0n) is 17.3. The number of benzene rings is 3. The van der Waals surface area contributed by atoms with Gasteiger partial charge in [-0.15, -0.1) is 0 Å². The number of carbonyl (C=O) groups is 1. The highest BCUT2D eigenvalue weighted by molar-refractivity contribution is 6.02. The Labute approximate surface area is 177 Å². The number of rotatable bonds is 8. The van der Waals surface area contributed by atoms with Crippen LogP contribution < -0.4 is 19.7 Å². The Hall–Kier alpha value is -3.47. The summed E-state index contributed by atoms with van der Waals surface area (Å²) >= 11 is 0. The van der Waals surface area contributed by atoms with Crippen molar-refractivity contribution in [2.75, 3.05) is 30.1 Å². The van der Waals surface area contributed by atoms with Crippen LogP contribution in [0, 0.1) is 0 Å². The molecule has 3 aromatic rings. The van der Waals surface area contributed by atoms with Crippen molar-refractivity contribution in [2.24, 2.45) is 0 Å². The lowest BCUT2D eigenvalue weighted by atomic mass is 9.96. The molecule has 1 N–H and O–H groups in total. The molecule has 0 radical (unpaired) electrons. The Morgan fingerprint density at radius 3 is 2.33 bits per heavy atom. The minimum atomic E-state index is -0.541. The minimum absolute atomic E-state index is 0.00212. The quantitative estimate of drug-likeness (QED) is 0.518. The summed E-state index contributed by atoms with van der Waals surface area (Å²) in [5, 5.41) is 3.42. The van der Waals surface area contributed by atoms with E-state index in [1.165, 1.54) is 5.69 Å². The summed E-state index contributed by atoms with van der Waals surface area (Å²) in [6.45, 7) is 6.40. The molecule has 30 heavy (non-hydrogen) atoms. The highest BCUT2D eigenvalue weighted by Gasteiger charge is 2.25. The molecule has 0 saturated heterocycles. The molecule has 1 aliphatic rings. The summed E-state index contributed by atoms with van der Waals surface area (Å²) < 4.78 is 10.9. The number of hydrogen-bond donors (Lipinski definition) is 1. The van der Waals surface area contributed by atoms with Crippen molar-refractivity contribution >= 4 is 17.2 Å². The Kier molecular flexibility index (Phi) is 5.89. The maximum Gasteiger partial charge on any atom is 0.231 e. The molecule has 154 valence electrons. The molecule has 3 aromatic carbocycles. The van der Waals surface area contributed by atoms with E-state index in [0.29, 0.717) is 17.1 Å². The van der Waals surface area contributed by atoms with Crippen LogP contribution in [0.2, 0.25) is 0 Å². The van der Waals surface area contributed by atoms with Crippen LogP contribution in [0.4, 0.5) is 11.4 Å². The standard InChI is InChI=1S/C25H26N2O3/c1-3-27(4-2)21-13-11-20(12-14-21)26-24(25(28)18-8-6-5-7-9-18)19-10-15-22-23(16-19)30-17-29-22/h5-16,24,26H,3-4,17H2,1-2H3/t24-/m1/s1. The molecule has 0 amide bonds. The van der Waals surface area contributed by atoms with Gasteiger partial charge in [0.1, 0.15) is 6.04 Å². The molecule has 1 heterocycles. The first-order valence-electron chi connectivity index (χ1n) is 10.3. The van der Waals surface area contributed by atoms with Gasteiger partial charge in [0, 0.05) is 30.0 Å². The third-order valence-corrected chi connectivity index (χ3v) is 5.36. The fourth-order valence-corrected chi connectivity index (χ4v) is 3.69. The van der Waals surface area contributed by atoms with E-state index in [0.717, 1.165) is 24.3 Å². The molecule has 0 aliphatic carbocycles. The van der Waals surface area contributed by atoms with Gasteiger partial charge in [0.15, 0.2) is 17.3 Å². The van der Waals surface area contributed by atoms with Crippen molar-refractivity contribution in [3.8, 4) is 11.5 Å². The Bertz CT molecular complexity index is 999. The van der Waals surface area contributed by atoms with Crippen LogP contribution in [0.3, 0.4) is 0 Å². The molecule has 0 spiro atoms. The first kappa shape index (κ1) is 19.8. The summed E-state index contributed by atoms with van der Waals surface area (Å²) in [6.07, 6.45) is 0. The van der Waals surface area contributed by atoms with E-state index < -0.39 is 6.04 Å². The largest absolute Gasteiger partial charge is 0.454 e. The molecule has 5 heteroatoms. The smallest absolute Gasteiger partial charge is 0.231 e. The molecule has 0 bridgehead atoms. The number of nitrogens with zero attached hydrogens (tertiary/aromatic N) is 1. The van der Waals surface area contributed by atoms with Crippen LogP contribution >= 0.6 is 0 Å². The topological polar surface area (TPSA) is 50.8 Å². The summed E-state index contributed by atoms with van der Waals surface area (Å²) in [7, 11) is 0. The molecule has 4 rings (SSSR count). The maximum absolute atomic E-state index is 13.4. The van der Waals surface area contributed by atoms with Crippen molar-refractivity contribution in [2.45, 2.75) is 19.9 Å². The maximum atomic E-state index is 13.4. The minimum Gasteiger partial charge on any atom is -0.454 e. The molecule has 0 saturated carbocycles.